The van der Waals surface area contributed by atoms with E-state index in [-0.39, 0.29) is 18.1 Å². The second-order valence-corrected chi connectivity index (χ2v) is 7.21. The molecule has 1 aliphatic rings. The maximum absolute atomic E-state index is 12.7. The zero-order valence-corrected chi connectivity index (χ0v) is 16.7. The molecular formula is C25H22N2O3. The summed E-state index contributed by atoms with van der Waals surface area (Å²) in [5.74, 6) is 0.411. The summed E-state index contributed by atoms with van der Waals surface area (Å²) in [5, 5.41) is 2.66. The van der Waals surface area contributed by atoms with Crippen molar-refractivity contribution in [1.82, 2.24) is 10.2 Å². The van der Waals surface area contributed by atoms with Gasteiger partial charge in [0.25, 0.3) is 5.91 Å². The predicted molar refractivity (Wildman–Crippen MR) is 115 cm³/mol. The Morgan fingerprint density at radius 1 is 0.867 bits per heavy atom. The third-order valence-corrected chi connectivity index (χ3v) is 4.86. The topological polar surface area (TPSA) is 58.6 Å². The molecule has 0 unspecified atom stereocenters. The average molecular weight is 398 g/mol. The van der Waals surface area contributed by atoms with Crippen LogP contribution >= 0.6 is 0 Å². The summed E-state index contributed by atoms with van der Waals surface area (Å²) in [6, 6.07) is 24.7. The van der Waals surface area contributed by atoms with Crippen LogP contribution in [0.3, 0.4) is 0 Å². The largest absolute Gasteiger partial charge is 0.489 e. The fourth-order valence-corrected chi connectivity index (χ4v) is 3.16. The van der Waals surface area contributed by atoms with E-state index in [1.165, 1.54) is 4.90 Å². The highest BCUT2D eigenvalue weighted by molar-refractivity contribution is 6.13. The third kappa shape index (κ3) is 4.58. The Morgan fingerprint density at radius 2 is 1.57 bits per heavy atom. The molecule has 0 bridgehead atoms. The Kier molecular flexibility index (Phi) is 5.61. The number of ether oxygens (including phenoxy) is 1. The fraction of sp³-hybridized carbons (Fsp3) is 0.120. The van der Waals surface area contributed by atoms with Gasteiger partial charge in [-0.15, -0.1) is 0 Å². The van der Waals surface area contributed by atoms with Crippen LogP contribution < -0.4 is 10.1 Å². The second kappa shape index (κ2) is 8.66. The van der Waals surface area contributed by atoms with Gasteiger partial charge < -0.3 is 10.1 Å². The number of amides is 3. The van der Waals surface area contributed by atoms with E-state index in [9.17, 15) is 9.59 Å². The molecule has 0 radical (unpaired) electrons. The maximum Gasteiger partial charge on any atom is 0.329 e. The molecule has 3 aromatic rings. The Labute approximate surface area is 175 Å². The molecule has 5 nitrogen and oxygen atoms in total. The molecule has 1 saturated heterocycles. The van der Waals surface area contributed by atoms with Crippen LogP contribution in [-0.2, 0) is 17.9 Å². The van der Waals surface area contributed by atoms with E-state index in [0.29, 0.717) is 6.61 Å². The molecule has 1 heterocycles. The number of urea groups is 1. The van der Waals surface area contributed by atoms with E-state index in [1.807, 2.05) is 85.8 Å². The van der Waals surface area contributed by atoms with Gasteiger partial charge in [0.1, 0.15) is 18.1 Å². The molecule has 1 fully saturated rings. The lowest BCUT2D eigenvalue weighted by molar-refractivity contribution is -0.123. The molecule has 4 rings (SSSR count). The van der Waals surface area contributed by atoms with Gasteiger partial charge in [-0.1, -0.05) is 72.3 Å². The van der Waals surface area contributed by atoms with Crippen LogP contribution in [0.4, 0.5) is 4.79 Å². The molecule has 0 spiro atoms. The zero-order chi connectivity index (χ0) is 20.9. The normalized spacial score (nSPS) is 14.8. The molecule has 5 heteroatoms. The molecule has 150 valence electrons. The standard InChI is InChI=1S/C25H22N2O3/c1-18-7-9-20(10-8-18)16-27-24(28)23(26-25(27)29)15-19-11-13-22(14-12-19)30-17-21-5-3-2-4-6-21/h2-15H,16-17H2,1H3,(H,26,29). The number of nitrogens with one attached hydrogen (secondary N) is 1. The van der Waals surface area contributed by atoms with Crippen molar-refractivity contribution in [3.63, 3.8) is 0 Å². The van der Waals surface area contributed by atoms with Crippen molar-refractivity contribution < 1.29 is 14.3 Å². The molecule has 3 aromatic carbocycles. The average Bonchev–Trinajstić information content (AvgIpc) is 3.03. The van der Waals surface area contributed by atoms with Gasteiger partial charge in [-0.2, -0.15) is 0 Å². The van der Waals surface area contributed by atoms with Gasteiger partial charge in [-0.3, -0.25) is 9.69 Å². The molecule has 0 aliphatic carbocycles. The molecule has 0 aromatic heterocycles. The van der Waals surface area contributed by atoms with Crippen molar-refractivity contribution in [3.05, 3.63) is 107 Å². The summed E-state index contributed by atoms with van der Waals surface area (Å²) in [7, 11) is 0. The minimum Gasteiger partial charge on any atom is -0.489 e. The SMILES string of the molecule is Cc1ccc(CN2C(=O)NC(=Cc3ccc(OCc4ccccc4)cc3)C2=O)cc1. The number of benzene rings is 3. The van der Waals surface area contributed by atoms with Gasteiger partial charge >= 0.3 is 6.03 Å². The highest BCUT2D eigenvalue weighted by Crippen LogP contribution is 2.19. The summed E-state index contributed by atoms with van der Waals surface area (Å²) in [6.45, 7) is 2.73. The number of hydrogen-bond donors (Lipinski definition) is 1. The Bertz CT molecular complexity index is 1070. The van der Waals surface area contributed by atoms with Gasteiger partial charge in [0.05, 0.1) is 6.54 Å². The number of carbonyl (C=O) groups is 2. The van der Waals surface area contributed by atoms with Gasteiger partial charge in [-0.05, 0) is 41.8 Å². The van der Waals surface area contributed by atoms with Crippen LogP contribution in [0.15, 0.2) is 84.6 Å². The smallest absolute Gasteiger partial charge is 0.329 e. The quantitative estimate of drug-likeness (QED) is 0.485. The van der Waals surface area contributed by atoms with E-state index in [0.717, 1.165) is 28.0 Å². The summed E-state index contributed by atoms with van der Waals surface area (Å²) in [6.07, 6.45) is 1.68. The molecule has 1 aliphatic heterocycles. The van der Waals surface area contributed by atoms with E-state index in [4.69, 9.17) is 4.74 Å². The van der Waals surface area contributed by atoms with E-state index in [1.54, 1.807) is 6.08 Å². The van der Waals surface area contributed by atoms with E-state index in [2.05, 4.69) is 5.32 Å². The minimum absolute atomic E-state index is 0.245. The molecule has 3 amide bonds. The van der Waals surface area contributed by atoms with E-state index >= 15 is 0 Å². The predicted octanol–water partition coefficient (Wildman–Crippen LogP) is 4.67. The van der Waals surface area contributed by atoms with Crippen molar-refractivity contribution in [2.24, 2.45) is 0 Å². The number of imide groups is 1. The monoisotopic (exact) mass is 398 g/mol. The summed E-state index contributed by atoms with van der Waals surface area (Å²) in [4.78, 5) is 26.1. The van der Waals surface area contributed by atoms with Crippen molar-refractivity contribution >= 4 is 18.0 Å². The maximum atomic E-state index is 12.7. The Morgan fingerprint density at radius 3 is 2.27 bits per heavy atom. The van der Waals surface area contributed by atoms with Gasteiger partial charge in [0, 0.05) is 0 Å². The van der Waals surface area contributed by atoms with Crippen molar-refractivity contribution in [1.29, 1.82) is 0 Å². The first-order chi connectivity index (χ1) is 14.6. The van der Waals surface area contributed by atoms with Crippen LogP contribution in [-0.4, -0.2) is 16.8 Å². The van der Waals surface area contributed by atoms with E-state index < -0.39 is 6.03 Å². The first kappa shape index (κ1) is 19.5. The third-order valence-electron chi connectivity index (χ3n) is 4.86. The molecule has 0 atom stereocenters. The lowest BCUT2D eigenvalue weighted by Gasteiger charge is -2.11. The lowest BCUT2D eigenvalue weighted by atomic mass is 10.1. The number of aryl methyl sites for hydroxylation is 1. The van der Waals surface area contributed by atoms with Crippen LogP contribution in [0.1, 0.15) is 22.3 Å². The van der Waals surface area contributed by atoms with Crippen LogP contribution in [0.2, 0.25) is 0 Å². The van der Waals surface area contributed by atoms with Crippen LogP contribution in [0.5, 0.6) is 5.75 Å². The van der Waals surface area contributed by atoms with Crippen LogP contribution in [0.25, 0.3) is 6.08 Å². The second-order valence-electron chi connectivity index (χ2n) is 7.21. The highest BCUT2D eigenvalue weighted by atomic mass is 16.5. The van der Waals surface area contributed by atoms with Gasteiger partial charge in [-0.25, -0.2) is 4.79 Å². The zero-order valence-electron chi connectivity index (χ0n) is 16.7. The summed E-state index contributed by atoms with van der Waals surface area (Å²) in [5.41, 5.74) is 4.21. The summed E-state index contributed by atoms with van der Waals surface area (Å²) >= 11 is 0. The molecular weight excluding hydrogens is 376 g/mol. The van der Waals surface area contributed by atoms with Crippen molar-refractivity contribution in [2.45, 2.75) is 20.1 Å². The first-order valence-corrected chi connectivity index (χ1v) is 9.75. The molecule has 30 heavy (non-hydrogen) atoms. The van der Waals surface area contributed by atoms with Gasteiger partial charge in [0.2, 0.25) is 0 Å². The van der Waals surface area contributed by atoms with Gasteiger partial charge in [0.15, 0.2) is 0 Å². The summed E-state index contributed by atoms with van der Waals surface area (Å²) < 4.78 is 5.78. The Balaban J connectivity index is 1.41. The fourth-order valence-electron chi connectivity index (χ4n) is 3.16. The number of nitrogens with zero attached hydrogens (tertiary/aromatic N) is 1. The highest BCUT2D eigenvalue weighted by Gasteiger charge is 2.33. The molecule has 1 N–H and O–H groups in total. The lowest BCUT2D eigenvalue weighted by Crippen LogP contribution is -2.30. The van der Waals surface area contributed by atoms with Crippen molar-refractivity contribution in [2.75, 3.05) is 0 Å². The van der Waals surface area contributed by atoms with Crippen LogP contribution in [0, 0.1) is 6.92 Å². The number of carbonyl (C=O) groups excluding carboxylic acids is 2. The number of rotatable bonds is 6. The number of hydrogen-bond acceptors (Lipinski definition) is 3. The first-order valence-electron chi connectivity index (χ1n) is 9.75. The molecule has 0 saturated carbocycles. The Hall–Kier alpha value is -3.86. The van der Waals surface area contributed by atoms with Crippen molar-refractivity contribution in [3.8, 4) is 5.75 Å². The minimum atomic E-state index is -0.408.